The van der Waals surface area contributed by atoms with Gasteiger partial charge in [0.2, 0.25) is 0 Å². The maximum Gasteiger partial charge on any atom is 0.251 e. The molecular weight excluding hydrogens is 834 g/mol. The van der Waals surface area contributed by atoms with Gasteiger partial charge < -0.3 is 15.1 Å². The number of allylic oxidation sites excluding steroid dienone is 11. The molecule has 0 heterocycles. The third-order valence-electron chi connectivity index (χ3n) is 13.3. The van der Waals surface area contributed by atoms with E-state index >= 15 is 0 Å². The van der Waals surface area contributed by atoms with Crippen LogP contribution in [0, 0.1) is 5.82 Å². The van der Waals surface area contributed by atoms with Crippen LogP contribution in [0.1, 0.15) is 93.3 Å². The SMILES string of the molecule is CC1=CC(C)=C(/C=C2\C(=O)Cc3ccccc32)C1.CCN(CC)CCNC(=O)C1=C(C)CC(/C=C2\C(=O)Cc3ccc(F)cc32)=C1C.CN(C)c1ccc(/C=C2/C(=O)Cc3ccccc32)cc1. The van der Waals surface area contributed by atoms with Crippen LogP contribution in [0.15, 0.2) is 148 Å². The van der Waals surface area contributed by atoms with E-state index in [-0.39, 0.29) is 29.1 Å². The molecule has 4 aromatic rings. The molecule has 67 heavy (non-hydrogen) atoms. The number of halogens is 1. The Morgan fingerprint density at radius 2 is 1.18 bits per heavy atom. The van der Waals surface area contributed by atoms with Gasteiger partial charge >= 0.3 is 0 Å². The van der Waals surface area contributed by atoms with Gasteiger partial charge in [-0.3, -0.25) is 19.2 Å². The summed E-state index contributed by atoms with van der Waals surface area (Å²) in [6.45, 7) is 15.7. The monoisotopic (exact) mass is 895 g/mol. The summed E-state index contributed by atoms with van der Waals surface area (Å²) in [5.41, 5.74) is 18.0. The number of nitrogens with one attached hydrogen (secondary N) is 1. The van der Waals surface area contributed by atoms with E-state index in [2.05, 4.69) is 85.3 Å². The second-order valence-corrected chi connectivity index (χ2v) is 18.2. The lowest BCUT2D eigenvalue weighted by Crippen LogP contribution is -2.35. The number of rotatable bonds is 10. The number of hydrogen-bond donors (Lipinski definition) is 1. The molecule has 0 saturated heterocycles. The predicted molar refractivity (Wildman–Crippen MR) is 272 cm³/mol. The van der Waals surface area contributed by atoms with Crippen LogP contribution in [-0.2, 0) is 38.4 Å². The molecule has 0 spiro atoms. The Bertz CT molecular complexity index is 2860. The highest BCUT2D eigenvalue weighted by molar-refractivity contribution is 6.29. The van der Waals surface area contributed by atoms with Crippen LogP contribution < -0.4 is 10.2 Å². The maximum absolute atomic E-state index is 13.7. The zero-order chi connectivity index (χ0) is 47.9. The molecule has 9 rings (SSSR count). The molecule has 4 aromatic carbocycles. The Morgan fingerprint density at radius 1 is 0.642 bits per heavy atom. The largest absolute Gasteiger partial charge is 0.378 e. The van der Waals surface area contributed by atoms with Crippen molar-refractivity contribution in [3.05, 3.63) is 193 Å². The molecule has 5 aliphatic rings. The van der Waals surface area contributed by atoms with Crippen LogP contribution >= 0.6 is 0 Å². The lowest BCUT2D eigenvalue weighted by Gasteiger charge is -2.18. The summed E-state index contributed by atoms with van der Waals surface area (Å²) in [6, 6.07) is 28.9. The zero-order valence-corrected chi connectivity index (χ0v) is 40.2. The number of amides is 1. The van der Waals surface area contributed by atoms with E-state index in [4.69, 9.17) is 0 Å². The number of fused-ring (bicyclic) bond motifs is 3. The van der Waals surface area contributed by atoms with E-state index < -0.39 is 0 Å². The quantitative estimate of drug-likeness (QED) is 0.160. The average Bonchev–Trinajstić information content (AvgIpc) is 4.07. The molecule has 1 amide bonds. The normalized spacial score (nSPS) is 17.9. The maximum atomic E-state index is 13.7. The van der Waals surface area contributed by atoms with Crippen LogP contribution in [0.25, 0.3) is 22.8 Å². The standard InChI is InChI=1S/C24H29FN2O2.C18H17NO.C17H16O/c1-5-27(6-2)10-9-26-24(29)23-15(3)11-18(16(23)4)12-21-20-14-19(25)8-7-17(20)13-22(21)28;1-19(2)15-9-7-13(8-10-15)11-17-16-6-4-3-5-14(16)12-18(17)20;1-11-7-12(2)14(8-11)9-16-15-6-4-3-5-13(15)10-17(16)18/h7-8,12,14H,5-6,9-11,13H2,1-4H3,(H,26,29);3-11H,12H2,1-2H3;3-7,9H,8,10H2,1-2H3/b21-12-;17-11+;16-9-. The minimum absolute atomic E-state index is 0.000627. The van der Waals surface area contributed by atoms with Crippen molar-refractivity contribution in [2.24, 2.45) is 0 Å². The molecule has 0 unspecified atom stereocenters. The van der Waals surface area contributed by atoms with Crippen molar-refractivity contribution in [3.63, 3.8) is 0 Å². The van der Waals surface area contributed by atoms with Gasteiger partial charge in [-0.15, -0.1) is 0 Å². The van der Waals surface area contributed by atoms with Gasteiger partial charge in [-0.2, -0.15) is 0 Å². The van der Waals surface area contributed by atoms with Crippen molar-refractivity contribution in [1.29, 1.82) is 0 Å². The molecule has 7 nitrogen and oxygen atoms in total. The van der Waals surface area contributed by atoms with Crippen molar-refractivity contribution < 1.29 is 23.6 Å². The first-order valence-corrected chi connectivity index (χ1v) is 23.4. The fraction of sp³-hybridized carbons (Fsp3) is 0.288. The molecule has 0 aromatic heterocycles. The van der Waals surface area contributed by atoms with E-state index in [1.165, 1.54) is 28.9 Å². The van der Waals surface area contributed by atoms with Gasteiger partial charge in [-0.1, -0.05) is 97.8 Å². The summed E-state index contributed by atoms with van der Waals surface area (Å²) in [5.74, 6) is 0.0541. The summed E-state index contributed by atoms with van der Waals surface area (Å²) in [6.07, 6.45) is 11.1. The Balaban J connectivity index is 0.000000154. The first-order valence-electron chi connectivity index (χ1n) is 23.4. The van der Waals surface area contributed by atoms with Gasteiger partial charge in [-0.25, -0.2) is 4.39 Å². The van der Waals surface area contributed by atoms with Crippen LogP contribution in [0.4, 0.5) is 10.1 Å². The molecule has 0 radical (unpaired) electrons. The van der Waals surface area contributed by atoms with Gasteiger partial charge in [0.1, 0.15) is 5.82 Å². The summed E-state index contributed by atoms with van der Waals surface area (Å²) in [4.78, 5) is 53.8. The fourth-order valence-corrected chi connectivity index (χ4v) is 9.53. The Hall–Kier alpha value is -6.77. The van der Waals surface area contributed by atoms with Crippen molar-refractivity contribution in [2.45, 2.75) is 73.6 Å². The summed E-state index contributed by atoms with van der Waals surface area (Å²) >= 11 is 0. The average molecular weight is 896 g/mol. The Labute approximate surface area is 395 Å². The number of anilines is 1. The zero-order valence-electron chi connectivity index (χ0n) is 40.2. The van der Waals surface area contributed by atoms with Gasteiger partial charge in [0.15, 0.2) is 17.3 Å². The highest BCUT2D eigenvalue weighted by Crippen LogP contribution is 2.38. The van der Waals surface area contributed by atoms with E-state index in [0.717, 1.165) is 93.0 Å². The molecule has 0 saturated carbocycles. The van der Waals surface area contributed by atoms with E-state index in [1.807, 2.05) is 82.6 Å². The molecular formula is C59H62FN3O4. The Kier molecular flexibility index (Phi) is 15.3. The third-order valence-corrected chi connectivity index (χ3v) is 13.3. The van der Waals surface area contributed by atoms with E-state index in [9.17, 15) is 23.6 Å². The van der Waals surface area contributed by atoms with E-state index in [1.54, 1.807) is 6.07 Å². The van der Waals surface area contributed by atoms with Crippen LogP contribution in [0.3, 0.4) is 0 Å². The second kappa shape index (κ2) is 21.2. The fourth-order valence-electron chi connectivity index (χ4n) is 9.53. The number of Topliss-reactive ketones (excluding diaryl/α,β-unsaturated/α-hetero) is 3. The number of benzene rings is 4. The minimum atomic E-state index is -0.343. The van der Waals surface area contributed by atoms with Crippen molar-refractivity contribution in [3.8, 4) is 0 Å². The number of carbonyl (C=O) groups is 4. The first kappa shape index (κ1) is 48.2. The van der Waals surface area contributed by atoms with Gasteiger partial charge in [0.05, 0.1) is 0 Å². The van der Waals surface area contributed by atoms with Crippen molar-refractivity contribution in [2.75, 3.05) is 45.2 Å². The van der Waals surface area contributed by atoms with Crippen LogP contribution in [0.5, 0.6) is 0 Å². The number of carbonyl (C=O) groups excluding carboxylic acids is 4. The number of hydrogen-bond acceptors (Lipinski definition) is 6. The number of likely N-dealkylation sites (N-methyl/N-ethyl adjacent to an activating group) is 1. The third kappa shape index (κ3) is 11.1. The molecule has 0 bridgehead atoms. The summed E-state index contributed by atoms with van der Waals surface area (Å²) in [5, 5.41) is 3.02. The molecule has 5 aliphatic carbocycles. The summed E-state index contributed by atoms with van der Waals surface area (Å²) in [7, 11) is 4.04. The molecule has 0 aliphatic heterocycles. The lowest BCUT2D eigenvalue weighted by molar-refractivity contribution is -0.117. The topological polar surface area (TPSA) is 86.8 Å². The molecule has 344 valence electrons. The first-order chi connectivity index (χ1) is 32.1. The van der Waals surface area contributed by atoms with Crippen LogP contribution in [-0.4, -0.2) is 68.4 Å². The lowest BCUT2D eigenvalue weighted by atomic mass is 10.0. The Morgan fingerprint density at radius 3 is 1.73 bits per heavy atom. The summed E-state index contributed by atoms with van der Waals surface area (Å²) < 4.78 is 13.7. The molecule has 8 heteroatoms. The smallest absolute Gasteiger partial charge is 0.251 e. The van der Waals surface area contributed by atoms with Gasteiger partial charge in [0.25, 0.3) is 5.91 Å². The number of nitrogens with zero attached hydrogens (tertiary/aromatic N) is 2. The van der Waals surface area contributed by atoms with Crippen molar-refractivity contribution >= 4 is 51.7 Å². The van der Waals surface area contributed by atoms with E-state index in [0.29, 0.717) is 48.9 Å². The molecule has 0 fully saturated rings. The molecule has 0 atom stereocenters. The minimum Gasteiger partial charge on any atom is -0.378 e. The van der Waals surface area contributed by atoms with Gasteiger partial charge in [-0.05, 0) is 157 Å². The highest BCUT2D eigenvalue weighted by atomic mass is 19.1. The van der Waals surface area contributed by atoms with Crippen LogP contribution in [0.2, 0.25) is 0 Å². The van der Waals surface area contributed by atoms with Crippen molar-refractivity contribution in [1.82, 2.24) is 10.2 Å². The predicted octanol–water partition coefficient (Wildman–Crippen LogP) is 11.1. The van der Waals surface area contributed by atoms with Gasteiger partial charge in [0, 0.05) is 74.4 Å². The highest BCUT2D eigenvalue weighted by Gasteiger charge is 2.29. The molecule has 1 N–H and O–H groups in total. The number of ketones is 3. The second-order valence-electron chi connectivity index (χ2n) is 18.2.